The standard InChI is InChI=1S/C11H19N5O2S/c1-3-12-9(10(17)18-2)6-7-19-11-13-14-15-16(11)8-4-5-8/h8-9,12H,3-7H2,1-2H3. The van der Waals surface area contributed by atoms with E-state index in [9.17, 15) is 4.79 Å². The molecule has 1 atom stereocenters. The third-order valence-corrected chi connectivity index (χ3v) is 3.90. The number of likely N-dealkylation sites (N-methyl/N-ethyl adjacent to an activating group) is 1. The van der Waals surface area contributed by atoms with Gasteiger partial charge in [0, 0.05) is 5.75 Å². The van der Waals surface area contributed by atoms with Crippen LogP contribution in [0.25, 0.3) is 0 Å². The maximum absolute atomic E-state index is 11.5. The molecule has 106 valence electrons. The highest BCUT2D eigenvalue weighted by Gasteiger charge is 2.28. The molecule has 1 unspecified atom stereocenters. The van der Waals surface area contributed by atoms with Crippen LogP contribution < -0.4 is 5.32 Å². The van der Waals surface area contributed by atoms with E-state index in [0.717, 1.165) is 30.3 Å². The molecule has 1 aliphatic carbocycles. The molecule has 1 aromatic heterocycles. The van der Waals surface area contributed by atoms with E-state index in [-0.39, 0.29) is 12.0 Å². The summed E-state index contributed by atoms with van der Waals surface area (Å²) in [6.07, 6.45) is 3.00. The van der Waals surface area contributed by atoms with Crippen molar-refractivity contribution in [1.82, 2.24) is 25.5 Å². The fraction of sp³-hybridized carbons (Fsp3) is 0.818. The minimum absolute atomic E-state index is 0.218. The number of esters is 1. The van der Waals surface area contributed by atoms with Gasteiger partial charge in [-0.1, -0.05) is 18.7 Å². The Morgan fingerprint density at radius 1 is 1.63 bits per heavy atom. The smallest absolute Gasteiger partial charge is 0.322 e. The Kier molecular flexibility index (Phi) is 5.15. The quantitative estimate of drug-likeness (QED) is 0.554. The van der Waals surface area contributed by atoms with E-state index in [4.69, 9.17) is 4.74 Å². The number of carbonyl (C=O) groups is 1. The van der Waals surface area contributed by atoms with E-state index in [1.807, 2.05) is 11.6 Å². The van der Waals surface area contributed by atoms with Gasteiger partial charge >= 0.3 is 5.97 Å². The van der Waals surface area contributed by atoms with Gasteiger partial charge in [0.2, 0.25) is 5.16 Å². The molecule has 1 fully saturated rings. The molecule has 1 aromatic rings. The summed E-state index contributed by atoms with van der Waals surface area (Å²) < 4.78 is 6.65. The zero-order valence-electron chi connectivity index (χ0n) is 11.2. The van der Waals surface area contributed by atoms with Crippen LogP contribution in [0.4, 0.5) is 0 Å². The van der Waals surface area contributed by atoms with Crippen molar-refractivity contribution in [3.05, 3.63) is 0 Å². The fourth-order valence-corrected chi connectivity index (χ4v) is 2.74. The Balaban J connectivity index is 1.80. The molecule has 7 nitrogen and oxygen atoms in total. The first-order chi connectivity index (χ1) is 9.26. The van der Waals surface area contributed by atoms with E-state index in [1.165, 1.54) is 7.11 Å². The summed E-state index contributed by atoms with van der Waals surface area (Å²) in [6, 6.07) is 0.218. The summed E-state index contributed by atoms with van der Waals surface area (Å²) in [5.74, 6) is 0.559. The van der Waals surface area contributed by atoms with E-state index in [2.05, 4.69) is 20.8 Å². The molecule has 0 spiro atoms. The van der Waals surface area contributed by atoms with Crippen molar-refractivity contribution in [2.75, 3.05) is 19.4 Å². The lowest BCUT2D eigenvalue weighted by Crippen LogP contribution is -2.37. The van der Waals surface area contributed by atoms with Crippen LogP contribution in [0.15, 0.2) is 5.16 Å². The van der Waals surface area contributed by atoms with Crippen LogP contribution in [0.2, 0.25) is 0 Å². The molecule has 0 amide bonds. The van der Waals surface area contributed by atoms with E-state index < -0.39 is 0 Å². The van der Waals surface area contributed by atoms with Crippen molar-refractivity contribution in [2.45, 2.75) is 43.4 Å². The van der Waals surface area contributed by atoms with Crippen LogP contribution in [-0.2, 0) is 9.53 Å². The van der Waals surface area contributed by atoms with Crippen LogP contribution in [-0.4, -0.2) is 51.6 Å². The average molecular weight is 285 g/mol. The number of tetrazole rings is 1. The van der Waals surface area contributed by atoms with Gasteiger partial charge in [0.25, 0.3) is 0 Å². The van der Waals surface area contributed by atoms with Crippen molar-refractivity contribution in [1.29, 1.82) is 0 Å². The summed E-state index contributed by atoms with van der Waals surface area (Å²) in [5, 5.41) is 15.7. The molecule has 1 saturated carbocycles. The summed E-state index contributed by atoms with van der Waals surface area (Å²) in [7, 11) is 1.41. The van der Waals surface area contributed by atoms with E-state index in [0.29, 0.717) is 12.5 Å². The molecule has 1 heterocycles. The SMILES string of the molecule is CCNC(CCSc1nnnn1C1CC1)C(=O)OC. The molecule has 0 aliphatic heterocycles. The van der Waals surface area contributed by atoms with Crippen molar-refractivity contribution in [3.8, 4) is 0 Å². The highest BCUT2D eigenvalue weighted by Crippen LogP contribution is 2.36. The zero-order chi connectivity index (χ0) is 13.7. The molecule has 1 aliphatic rings. The third kappa shape index (κ3) is 3.90. The zero-order valence-corrected chi connectivity index (χ0v) is 12.0. The molecule has 0 bridgehead atoms. The molecular formula is C11H19N5O2S. The molecule has 0 aromatic carbocycles. The van der Waals surface area contributed by atoms with Gasteiger partial charge in [-0.3, -0.25) is 4.79 Å². The number of methoxy groups -OCH3 is 1. The lowest BCUT2D eigenvalue weighted by Gasteiger charge is -2.14. The molecule has 1 N–H and O–H groups in total. The van der Waals surface area contributed by atoms with Gasteiger partial charge in [-0.2, -0.15) is 0 Å². The van der Waals surface area contributed by atoms with Crippen LogP contribution in [0.1, 0.15) is 32.2 Å². The Morgan fingerprint density at radius 3 is 3.05 bits per heavy atom. The summed E-state index contributed by atoms with van der Waals surface area (Å²) in [5.41, 5.74) is 0. The minimum atomic E-state index is -0.257. The first-order valence-electron chi connectivity index (χ1n) is 6.48. The van der Waals surface area contributed by atoms with Crippen LogP contribution in [0.5, 0.6) is 0 Å². The number of aromatic nitrogens is 4. The number of nitrogens with one attached hydrogen (secondary N) is 1. The Labute approximate surface area is 116 Å². The van der Waals surface area contributed by atoms with Crippen molar-refractivity contribution in [2.24, 2.45) is 0 Å². The molecule has 8 heteroatoms. The second-order valence-electron chi connectivity index (χ2n) is 4.41. The van der Waals surface area contributed by atoms with Crippen molar-refractivity contribution in [3.63, 3.8) is 0 Å². The molecule has 2 rings (SSSR count). The maximum Gasteiger partial charge on any atom is 0.322 e. The van der Waals surface area contributed by atoms with Crippen molar-refractivity contribution >= 4 is 17.7 Å². The highest BCUT2D eigenvalue weighted by molar-refractivity contribution is 7.99. The van der Waals surface area contributed by atoms with Gasteiger partial charge < -0.3 is 10.1 Å². The number of ether oxygens (including phenoxy) is 1. The number of hydrogen-bond acceptors (Lipinski definition) is 7. The molecule has 0 saturated heterocycles. The lowest BCUT2D eigenvalue weighted by molar-refractivity contribution is -0.143. The maximum atomic E-state index is 11.5. The largest absolute Gasteiger partial charge is 0.468 e. The second kappa shape index (κ2) is 6.85. The first-order valence-corrected chi connectivity index (χ1v) is 7.46. The Bertz CT molecular complexity index is 421. The molecular weight excluding hydrogens is 266 g/mol. The topological polar surface area (TPSA) is 81.9 Å². The Hall–Kier alpha value is -1.15. The first kappa shape index (κ1) is 14.3. The summed E-state index contributed by atoms with van der Waals surface area (Å²) in [6.45, 7) is 2.71. The molecule has 19 heavy (non-hydrogen) atoms. The van der Waals surface area contributed by atoms with Gasteiger partial charge in [-0.25, -0.2) is 4.68 Å². The number of hydrogen-bond donors (Lipinski definition) is 1. The monoisotopic (exact) mass is 285 g/mol. The predicted octanol–water partition coefficient (Wildman–Crippen LogP) is 0.641. The number of carbonyl (C=O) groups excluding carboxylic acids is 1. The van der Waals surface area contributed by atoms with Crippen LogP contribution in [0, 0.1) is 0 Å². The van der Waals surface area contributed by atoms with Gasteiger partial charge in [0.15, 0.2) is 0 Å². The number of rotatable bonds is 8. The number of thioether (sulfide) groups is 1. The van der Waals surface area contributed by atoms with Crippen molar-refractivity contribution < 1.29 is 9.53 Å². The average Bonchev–Trinajstić information content (AvgIpc) is 3.16. The van der Waals surface area contributed by atoms with Gasteiger partial charge in [-0.05, 0) is 36.2 Å². The Morgan fingerprint density at radius 2 is 2.42 bits per heavy atom. The third-order valence-electron chi connectivity index (χ3n) is 2.93. The van der Waals surface area contributed by atoms with Gasteiger partial charge in [-0.15, -0.1) is 5.10 Å². The van der Waals surface area contributed by atoms with Crippen LogP contribution >= 0.6 is 11.8 Å². The molecule has 0 radical (unpaired) electrons. The highest BCUT2D eigenvalue weighted by atomic mass is 32.2. The van der Waals surface area contributed by atoms with E-state index in [1.54, 1.807) is 11.8 Å². The predicted molar refractivity (Wildman–Crippen MR) is 70.9 cm³/mol. The fourth-order valence-electron chi connectivity index (χ4n) is 1.79. The summed E-state index contributed by atoms with van der Waals surface area (Å²) >= 11 is 1.58. The number of nitrogens with zero attached hydrogens (tertiary/aromatic N) is 4. The van der Waals surface area contributed by atoms with Crippen LogP contribution in [0.3, 0.4) is 0 Å². The van der Waals surface area contributed by atoms with Gasteiger partial charge in [0.05, 0.1) is 13.2 Å². The van der Waals surface area contributed by atoms with E-state index >= 15 is 0 Å². The second-order valence-corrected chi connectivity index (χ2v) is 5.47. The normalized spacial score (nSPS) is 16.3. The summed E-state index contributed by atoms with van der Waals surface area (Å²) in [4.78, 5) is 11.5. The van der Waals surface area contributed by atoms with Gasteiger partial charge in [0.1, 0.15) is 6.04 Å². The minimum Gasteiger partial charge on any atom is -0.468 e. The lowest BCUT2D eigenvalue weighted by atomic mass is 10.2.